The number of hydrogen-bond donors (Lipinski definition) is 1. The fraction of sp³-hybridized carbons (Fsp3) is 0.211. The van der Waals surface area contributed by atoms with E-state index in [9.17, 15) is 4.39 Å². The van der Waals surface area contributed by atoms with Gasteiger partial charge in [0.15, 0.2) is 0 Å². The zero-order valence-corrected chi connectivity index (χ0v) is 14.1. The van der Waals surface area contributed by atoms with Crippen LogP contribution in [0.3, 0.4) is 0 Å². The maximum absolute atomic E-state index is 14.0. The molecule has 1 aliphatic rings. The number of halogens is 2. The maximum atomic E-state index is 14.0. The van der Waals surface area contributed by atoms with Gasteiger partial charge in [0.2, 0.25) is 0 Å². The topological polar surface area (TPSA) is 29.9 Å². The van der Waals surface area contributed by atoms with Crippen molar-refractivity contribution in [2.24, 2.45) is 0 Å². The summed E-state index contributed by atoms with van der Waals surface area (Å²) < 4.78 is 15.9. The molecule has 0 saturated carbocycles. The molecule has 0 fully saturated rings. The maximum Gasteiger partial charge on any atom is 0.133 e. The number of benzene rings is 2. The third-order valence-corrected chi connectivity index (χ3v) is 4.93. The molecule has 5 heteroatoms. The van der Waals surface area contributed by atoms with Crippen LogP contribution in [-0.4, -0.2) is 16.3 Å². The van der Waals surface area contributed by atoms with E-state index < -0.39 is 0 Å². The number of fused-ring (bicyclic) bond motifs is 1. The molecule has 4 rings (SSSR count). The highest BCUT2D eigenvalue weighted by molar-refractivity contribution is 6.31. The summed E-state index contributed by atoms with van der Waals surface area (Å²) in [6.45, 7) is 2.86. The van der Waals surface area contributed by atoms with Crippen molar-refractivity contribution >= 4 is 17.4 Å². The summed E-state index contributed by atoms with van der Waals surface area (Å²) in [6.07, 6.45) is 1.39. The average molecular weight is 342 g/mol. The van der Waals surface area contributed by atoms with E-state index in [0.29, 0.717) is 17.0 Å². The third kappa shape index (κ3) is 2.47. The summed E-state index contributed by atoms with van der Waals surface area (Å²) in [5.74, 6) is 0.803. The standard InChI is InChI=1S/C19H17ClFN3/c1-12-15(20)6-4-8-18(12)24-19-14(9-10-22-19)17(23-24)11-13-5-2-3-7-16(13)21/h2-8,22H,9-11H2,1H3. The summed E-state index contributed by atoms with van der Waals surface area (Å²) in [4.78, 5) is 0. The fourth-order valence-electron chi connectivity index (χ4n) is 3.21. The van der Waals surface area contributed by atoms with Gasteiger partial charge in [-0.25, -0.2) is 9.07 Å². The average Bonchev–Trinajstić information content (AvgIpc) is 3.16. The molecule has 24 heavy (non-hydrogen) atoms. The molecule has 0 bridgehead atoms. The lowest BCUT2D eigenvalue weighted by molar-refractivity contribution is 0.612. The van der Waals surface area contributed by atoms with Crippen LogP contribution in [0.2, 0.25) is 5.02 Å². The largest absolute Gasteiger partial charge is 0.369 e. The second-order valence-corrected chi connectivity index (χ2v) is 6.42. The van der Waals surface area contributed by atoms with Crippen molar-refractivity contribution in [3.05, 3.63) is 75.7 Å². The molecule has 2 heterocycles. The summed E-state index contributed by atoms with van der Waals surface area (Å²) in [5, 5.41) is 8.88. The van der Waals surface area contributed by atoms with Gasteiger partial charge < -0.3 is 5.32 Å². The first-order chi connectivity index (χ1) is 11.6. The normalized spacial score (nSPS) is 13.0. The van der Waals surface area contributed by atoms with Gasteiger partial charge >= 0.3 is 0 Å². The van der Waals surface area contributed by atoms with E-state index in [1.54, 1.807) is 6.07 Å². The molecular formula is C19H17ClFN3. The molecule has 1 aliphatic heterocycles. The summed E-state index contributed by atoms with van der Waals surface area (Å²) in [6, 6.07) is 12.7. The van der Waals surface area contributed by atoms with Crippen LogP contribution in [0.1, 0.15) is 22.4 Å². The van der Waals surface area contributed by atoms with Crippen LogP contribution in [0.5, 0.6) is 0 Å². The number of nitrogens with zero attached hydrogens (tertiary/aromatic N) is 2. The van der Waals surface area contributed by atoms with Crippen molar-refractivity contribution in [3.8, 4) is 5.69 Å². The van der Waals surface area contributed by atoms with E-state index in [2.05, 4.69) is 5.32 Å². The molecule has 1 aromatic heterocycles. The minimum absolute atomic E-state index is 0.189. The van der Waals surface area contributed by atoms with E-state index in [1.807, 2.05) is 41.9 Å². The highest BCUT2D eigenvalue weighted by Crippen LogP contribution is 2.32. The van der Waals surface area contributed by atoms with E-state index >= 15 is 0 Å². The van der Waals surface area contributed by atoms with Crippen LogP contribution < -0.4 is 5.32 Å². The van der Waals surface area contributed by atoms with Gasteiger partial charge in [-0.3, -0.25) is 0 Å². The Labute approximate surface area is 145 Å². The van der Waals surface area contributed by atoms with Gasteiger partial charge in [0.1, 0.15) is 11.6 Å². The fourth-order valence-corrected chi connectivity index (χ4v) is 3.38. The monoisotopic (exact) mass is 341 g/mol. The molecule has 3 aromatic rings. The minimum atomic E-state index is -0.189. The van der Waals surface area contributed by atoms with Crippen LogP contribution in [-0.2, 0) is 12.8 Å². The van der Waals surface area contributed by atoms with Gasteiger partial charge in [-0.2, -0.15) is 5.10 Å². The summed E-state index contributed by atoms with van der Waals surface area (Å²) in [7, 11) is 0. The van der Waals surface area contributed by atoms with Gasteiger partial charge in [-0.05, 0) is 42.7 Å². The minimum Gasteiger partial charge on any atom is -0.369 e. The Bertz CT molecular complexity index is 917. The van der Waals surface area contributed by atoms with Gasteiger partial charge in [-0.15, -0.1) is 0 Å². The van der Waals surface area contributed by atoms with Gasteiger partial charge in [-0.1, -0.05) is 35.9 Å². The molecule has 122 valence electrons. The van der Waals surface area contributed by atoms with Crippen LogP contribution in [0.15, 0.2) is 42.5 Å². The second-order valence-electron chi connectivity index (χ2n) is 6.01. The first-order valence-electron chi connectivity index (χ1n) is 7.98. The molecule has 2 aromatic carbocycles. The van der Waals surface area contributed by atoms with Crippen molar-refractivity contribution in [3.63, 3.8) is 0 Å². The van der Waals surface area contributed by atoms with Crippen LogP contribution >= 0.6 is 11.6 Å². The molecule has 0 radical (unpaired) electrons. The molecule has 0 amide bonds. The Kier molecular flexibility index (Phi) is 3.77. The Balaban J connectivity index is 1.81. The number of aromatic nitrogens is 2. The van der Waals surface area contributed by atoms with Gasteiger partial charge in [0.25, 0.3) is 0 Å². The van der Waals surface area contributed by atoms with Crippen molar-refractivity contribution < 1.29 is 4.39 Å². The van der Waals surface area contributed by atoms with E-state index in [4.69, 9.17) is 16.7 Å². The SMILES string of the molecule is Cc1c(Cl)cccc1-n1nc(Cc2ccccc2F)c2c1NCC2. The third-order valence-electron chi connectivity index (χ3n) is 4.52. The Morgan fingerprint density at radius 2 is 2.04 bits per heavy atom. The first kappa shape index (κ1) is 15.2. The highest BCUT2D eigenvalue weighted by atomic mass is 35.5. The lowest BCUT2D eigenvalue weighted by Gasteiger charge is -2.10. The Hall–Kier alpha value is -2.33. The quantitative estimate of drug-likeness (QED) is 0.758. The molecule has 3 nitrogen and oxygen atoms in total. The highest BCUT2D eigenvalue weighted by Gasteiger charge is 2.24. The summed E-state index contributed by atoms with van der Waals surface area (Å²) in [5.41, 5.74) is 4.68. The zero-order chi connectivity index (χ0) is 16.7. The van der Waals surface area contributed by atoms with Crippen molar-refractivity contribution in [2.45, 2.75) is 19.8 Å². The number of anilines is 1. The van der Waals surface area contributed by atoms with Gasteiger partial charge in [0, 0.05) is 23.6 Å². The predicted octanol–water partition coefficient (Wildman–Crippen LogP) is 4.53. The van der Waals surface area contributed by atoms with Crippen LogP contribution in [0.4, 0.5) is 10.2 Å². The Morgan fingerprint density at radius 3 is 2.88 bits per heavy atom. The molecule has 0 spiro atoms. The molecular weight excluding hydrogens is 325 g/mol. The number of hydrogen-bond acceptors (Lipinski definition) is 2. The summed E-state index contributed by atoms with van der Waals surface area (Å²) >= 11 is 6.26. The lowest BCUT2D eigenvalue weighted by Crippen LogP contribution is -2.07. The molecule has 1 N–H and O–H groups in total. The first-order valence-corrected chi connectivity index (χ1v) is 8.36. The lowest BCUT2D eigenvalue weighted by atomic mass is 10.1. The van der Waals surface area contributed by atoms with Crippen molar-refractivity contribution in [2.75, 3.05) is 11.9 Å². The van der Waals surface area contributed by atoms with Gasteiger partial charge in [0.05, 0.1) is 11.4 Å². The molecule has 0 aliphatic carbocycles. The molecule has 0 unspecified atom stereocenters. The number of nitrogens with one attached hydrogen (secondary N) is 1. The Morgan fingerprint density at radius 1 is 1.21 bits per heavy atom. The molecule has 0 atom stereocenters. The van der Waals surface area contributed by atoms with Crippen molar-refractivity contribution in [1.29, 1.82) is 0 Å². The molecule has 0 saturated heterocycles. The smallest absolute Gasteiger partial charge is 0.133 e. The van der Waals surface area contributed by atoms with Crippen LogP contribution in [0.25, 0.3) is 5.69 Å². The predicted molar refractivity (Wildman–Crippen MR) is 94.7 cm³/mol. The van der Waals surface area contributed by atoms with Crippen LogP contribution in [0, 0.1) is 12.7 Å². The second kappa shape index (κ2) is 5.95. The number of rotatable bonds is 3. The van der Waals surface area contributed by atoms with Crippen molar-refractivity contribution in [1.82, 2.24) is 9.78 Å². The zero-order valence-electron chi connectivity index (χ0n) is 13.3. The van der Waals surface area contributed by atoms with E-state index in [-0.39, 0.29) is 5.82 Å². The van der Waals surface area contributed by atoms with E-state index in [1.165, 1.54) is 6.07 Å². The van der Waals surface area contributed by atoms with E-state index in [0.717, 1.165) is 41.3 Å².